The molecule has 0 bridgehead atoms. The number of carboxylic acid groups (broad SMARTS) is 1. The summed E-state index contributed by atoms with van der Waals surface area (Å²) in [5.41, 5.74) is 10.9. The lowest BCUT2D eigenvalue weighted by atomic mass is 9.84. The number of nitrogens with one attached hydrogen (secondary N) is 2. The fourth-order valence-electron chi connectivity index (χ4n) is 4.10. The van der Waals surface area contributed by atoms with E-state index in [2.05, 4.69) is 17.0 Å². The molecule has 1 atom stereocenters. The van der Waals surface area contributed by atoms with Crippen LogP contribution in [0.3, 0.4) is 0 Å². The molecule has 0 radical (unpaired) electrons. The first-order valence-electron chi connectivity index (χ1n) is 9.72. The van der Waals surface area contributed by atoms with Gasteiger partial charge in [-0.3, -0.25) is 10.1 Å². The van der Waals surface area contributed by atoms with Gasteiger partial charge in [-0.1, -0.05) is 43.3 Å². The number of carboxylic acids is 1. The molecule has 1 unspecified atom stereocenters. The lowest BCUT2D eigenvalue weighted by molar-refractivity contribution is 0.0690. The molecule has 7 nitrogen and oxygen atoms in total. The summed E-state index contributed by atoms with van der Waals surface area (Å²) in [6.45, 7) is 2.12. The molecule has 5 N–H and O–H groups in total. The quantitative estimate of drug-likeness (QED) is 0.287. The number of aromatic nitrogens is 3. The van der Waals surface area contributed by atoms with Gasteiger partial charge < -0.3 is 15.8 Å². The van der Waals surface area contributed by atoms with E-state index < -0.39 is 5.97 Å². The summed E-state index contributed by atoms with van der Waals surface area (Å²) in [4.78, 5) is 15.0. The smallest absolute Gasteiger partial charge is 0.357 e. The molecule has 0 aliphatic rings. The molecule has 4 rings (SSSR count). The lowest BCUT2D eigenvalue weighted by Crippen LogP contribution is -2.10. The molecule has 7 heteroatoms. The van der Waals surface area contributed by atoms with Crippen molar-refractivity contribution in [1.82, 2.24) is 14.8 Å². The van der Waals surface area contributed by atoms with Gasteiger partial charge >= 0.3 is 5.97 Å². The molecule has 0 saturated heterocycles. The third kappa shape index (κ3) is 3.24. The Labute approximate surface area is 173 Å². The average Bonchev–Trinajstić information content (AvgIpc) is 3.32. The number of hydrogen-bond donors (Lipinski definition) is 4. The van der Waals surface area contributed by atoms with Gasteiger partial charge in [0, 0.05) is 47.4 Å². The Bertz CT molecular complexity index is 1270. The first kappa shape index (κ1) is 19.4. The van der Waals surface area contributed by atoms with Gasteiger partial charge in [0.15, 0.2) is 5.69 Å². The lowest BCUT2D eigenvalue weighted by Gasteiger charge is -2.19. The zero-order chi connectivity index (χ0) is 21.4. The minimum atomic E-state index is -1.04. The third-order valence-electron chi connectivity index (χ3n) is 5.47. The Morgan fingerprint density at radius 1 is 1.23 bits per heavy atom. The highest BCUT2D eigenvalue weighted by Gasteiger charge is 2.24. The van der Waals surface area contributed by atoms with Gasteiger partial charge in [-0.15, -0.1) is 0 Å². The molecule has 30 heavy (non-hydrogen) atoms. The maximum atomic E-state index is 11.7. The first-order chi connectivity index (χ1) is 14.4. The standard InChI is InChI=1S/C23H23N5O2/c1-3-14(18-11-26-20-10-13(22(24)25)8-9-17(18)20)15-6-4-5-7-16(15)19-12-28(2)27-21(19)23(29)30/h4-12,14,26H,3H2,1-2H3,(H3,24,25)(H,29,30). The van der Waals surface area contributed by atoms with Crippen molar-refractivity contribution in [2.75, 3.05) is 0 Å². The summed E-state index contributed by atoms with van der Waals surface area (Å²) in [5, 5.41) is 22.5. The van der Waals surface area contributed by atoms with Gasteiger partial charge in [-0.2, -0.15) is 5.10 Å². The van der Waals surface area contributed by atoms with Gasteiger partial charge in [-0.05, 0) is 29.2 Å². The van der Waals surface area contributed by atoms with Crippen molar-refractivity contribution in [3.8, 4) is 11.1 Å². The Kier molecular flexibility index (Phi) is 4.87. The van der Waals surface area contributed by atoms with E-state index in [-0.39, 0.29) is 17.4 Å². The molecule has 0 aliphatic carbocycles. The number of carbonyl (C=O) groups is 1. The summed E-state index contributed by atoms with van der Waals surface area (Å²) in [5.74, 6) is -0.958. The second kappa shape index (κ2) is 7.51. The molecule has 4 aromatic rings. The number of aromatic carboxylic acids is 1. The van der Waals surface area contributed by atoms with Crippen LogP contribution in [0.1, 0.15) is 46.4 Å². The van der Waals surface area contributed by atoms with Crippen LogP contribution in [0.15, 0.2) is 54.9 Å². The van der Waals surface area contributed by atoms with E-state index >= 15 is 0 Å². The second-order valence-corrected chi connectivity index (χ2v) is 7.34. The summed E-state index contributed by atoms with van der Waals surface area (Å²) in [6, 6.07) is 13.6. The van der Waals surface area contributed by atoms with Crippen molar-refractivity contribution in [2.24, 2.45) is 12.8 Å². The number of amidine groups is 1. The average molecular weight is 401 g/mol. The number of hydrogen-bond acceptors (Lipinski definition) is 3. The van der Waals surface area contributed by atoms with Crippen LogP contribution in [0, 0.1) is 5.41 Å². The van der Waals surface area contributed by atoms with Crippen LogP contribution in [-0.2, 0) is 7.05 Å². The Balaban J connectivity index is 1.88. The largest absolute Gasteiger partial charge is 0.476 e. The fraction of sp³-hybridized carbons (Fsp3) is 0.174. The number of aromatic amines is 1. The topological polar surface area (TPSA) is 121 Å². The molecule has 0 saturated carbocycles. The number of rotatable bonds is 6. The Hall–Kier alpha value is -3.87. The van der Waals surface area contributed by atoms with E-state index in [1.807, 2.05) is 48.7 Å². The third-order valence-corrected chi connectivity index (χ3v) is 5.47. The monoisotopic (exact) mass is 401 g/mol. The molecule has 0 aliphatic heterocycles. The van der Waals surface area contributed by atoms with Crippen LogP contribution < -0.4 is 5.73 Å². The zero-order valence-corrected chi connectivity index (χ0v) is 16.8. The van der Waals surface area contributed by atoms with E-state index in [0.717, 1.165) is 34.0 Å². The molecular formula is C23H23N5O2. The minimum absolute atomic E-state index is 0.0308. The SMILES string of the molecule is CCC(c1ccccc1-c1cn(C)nc1C(=O)O)c1c[nH]c2cc(C(=N)N)ccc12. The summed E-state index contributed by atoms with van der Waals surface area (Å²) in [7, 11) is 1.72. The number of fused-ring (bicyclic) bond motifs is 1. The Morgan fingerprint density at radius 3 is 2.70 bits per heavy atom. The van der Waals surface area contributed by atoms with Crippen LogP contribution in [0.4, 0.5) is 0 Å². The Morgan fingerprint density at radius 2 is 2.00 bits per heavy atom. The number of nitrogen functional groups attached to an aromatic ring is 1. The van der Waals surface area contributed by atoms with Gasteiger partial charge in [-0.25, -0.2) is 4.79 Å². The molecular weight excluding hydrogens is 378 g/mol. The van der Waals surface area contributed by atoms with Crippen LogP contribution >= 0.6 is 0 Å². The van der Waals surface area contributed by atoms with Gasteiger partial charge in [0.25, 0.3) is 0 Å². The zero-order valence-electron chi connectivity index (χ0n) is 16.8. The van der Waals surface area contributed by atoms with E-state index in [1.165, 1.54) is 4.68 Å². The molecule has 152 valence electrons. The van der Waals surface area contributed by atoms with Crippen molar-refractivity contribution in [2.45, 2.75) is 19.3 Å². The minimum Gasteiger partial charge on any atom is -0.476 e. The number of nitrogens with two attached hydrogens (primary N) is 1. The number of H-pyrrole nitrogens is 1. The predicted molar refractivity (Wildman–Crippen MR) is 117 cm³/mol. The molecule has 2 aromatic heterocycles. The van der Waals surface area contributed by atoms with Crippen molar-refractivity contribution in [1.29, 1.82) is 5.41 Å². The first-order valence-corrected chi connectivity index (χ1v) is 9.72. The van der Waals surface area contributed by atoms with Crippen LogP contribution in [0.2, 0.25) is 0 Å². The van der Waals surface area contributed by atoms with Crippen molar-refractivity contribution in [3.63, 3.8) is 0 Å². The van der Waals surface area contributed by atoms with E-state index in [9.17, 15) is 9.90 Å². The second-order valence-electron chi connectivity index (χ2n) is 7.34. The van der Waals surface area contributed by atoms with Crippen molar-refractivity contribution < 1.29 is 9.90 Å². The highest BCUT2D eigenvalue weighted by molar-refractivity contribution is 5.99. The van der Waals surface area contributed by atoms with Gasteiger partial charge in [0.05, 0.1) is 0 Å². The number of benzene rings is 2. The maximum Gasteiger partial charge on any atom is 0.357 e. The predicted octanol–water partition coefficient (Wildman–Crippen LogP) is 4.09. The number of aryl methyl sites for hydroxylation is 1. The fourth-order valence-corrected chi connectivity index (χ4v) is 4.10. The molecule has 2 aromatic carbocycles. The van der Waals surface area contributed by atoms with E-state index in [1.54, 1.807) is 13.2 Å². The molecule has 0 fully saturated rings. The maximum absolute atomic E-state index is 11.7. The molecule has 0 spiro atoms. The van der Waals surface area contributed by atoms with Crippen LogP contribution in [0.25, 0.3) is 22.0 Å². The van der Waals surface area contributed by atoms with Crippen molar-refractivity contribution in [3.05, 3.63) is 77.2 Å². The normalized spacial score (nSPS) is 12.2. The van der Waals surface area contributed by atoms with Crippen molar-refractivity contribution >= 4 is 22.7 Å². The van der Waals surface area contributed by atoms with E-state index in [0.29, 0.717) is 11.1 Å². The number of nitrogens with zero attached hydrogens (tertiary/aromatic N) is 2. The highest BCUT2D eigenvalue weighted by atomic mass is 16.4. The molecule has 0 amide bonds. The highest BCUT2D eigenvalue weighted by Crippen LogP contribution is 2.39. The summed E-state index contributed by atoms with van der Waals surface area (Å²) < 4.78 is 1.53. The van der Waals surface area contributed by atoms with Crippen LogP contribution in [0.5, 0.6) is 0 Å². The summed E-state index contributed by atoms with van der Waals surface area (Å²) in [6.07, 6.45) is 4.57. The van der Waals surface area contributed by atoms with Crippen LogP contribution in [-0.4, -0.2) is 31.7 Å². The van der Waals surface area contributed by atoms with Gasteiger partial charge in [0.1, 0.15) is 5.84 Å². The van der Waals surface area contributed by atoms with Gasteiger partial charge in [0.2, 0.25) is 0 Å². The van der Waals surface area contributed by atoms with E-state index in [4.69, 9.17) is 11.1 Å². The summed E-state index contributed by atoms with van der Waals surface area (Å²) >= 11 is 0. The molecule has 2 heterocycles.